The highest BCUT2D eigenvalue weighted by Gasteiger charge is 2.21. The number of amides is 1. The van der Waals surface area contributed by atoms with Crippen molar-refractivity contribution >= 4 is 56.5 Å². The third-order valence-corrected chi connectivity index (χ3v) is 7.81. The van der Waals surface area contributed by atoms with Crippen molar-refractivity contribution in [3.63, 3.8) is 0 Å². The zero-order valence-electron chi connectivity index (χ0n) is 18.7. The van der Waals surface area contributed by atoms with Gasteiger partial charge in [-0.25, -0.2) is 28.1 Å². The van der Waals surface area contributed by atoms with Crippen LogP contribution in [0.25, 0.3) is 11.1 Å². The summed E-state index contributed by atoms with van der Waals surface area (Å²) in [5.74, 6) is -0.616. The van der Waals surface area contributed by atoms with E-state index >= 15 is 0 Å². The van der Waals surface area contributed by atoms with Crippen LogP contribution in [-0.4, -0.2) is 35.0 Å². The van der Waals surface area contributed by atoms with Crippen molar-refractivity contribution in [2.45, 2.75) is 9.92 Å². The van der Waals surface area contributed by atoms with Gasteiger partial charge in [0.15, 0.2) is 0 Å². The first-order valence-corrected chi connectivity index (χ1v) is 13.7. The number of nitriles is 2. The van der Waals surface area contributed by atoms with Gasteiger partial charge in [0.2, 0.25) is 11.9 Å². The van der Waals surface area contributed by atoms with Gasteiger partial charge in [0.25, 0.3) is 10.0 Å². The summed E-state index contributed by atoms with van der Waals surface area (Å²) in [4.78, 5) is 24.4. The van der Waals surface area contributed by atoms with E-state index in [4.69, 9.17) is 5.73 Å². The van der Waals surface area contributed by atoms with Gasteiger partial charge in [-0.1, -0.05) is 11.8 Å². The van der Waals surface area contributed by atoms with Gasteiger partial charge in [0.1, 0.15) is 28.5 Å². The van der Waals surface area contributed by atoms with E-state index in [9.17, 15) is 23.7 Å². The maximum Gasteiger partial charge on any atom is 0.264 e. The Bertz CT molecular complexity index is 1630. The van der Waals surface area contributed by atoms with E-state index in [-0.39, 0.29) is 38.6 Å². The van der Waals surface area contributed by atoms with Gasteiger partial charge < -0.3 is 11.1 Å². The van der Waals surface area contributed by atoms with E-state index in [0.717, 1.165) is 11.8 Å². The molecule has 4 N–H and O–H groups in total. The Hall–Kier alpha value is -4.50. The number of nitrogen functional groups attached to an aromatic ring is 1. The molecule has 14 heteroatoms. The van der Waals surface area contributed by atoms with Crippen molar-refractivity contribution in [1.29, 1.82) is 10.5 Å². The molecule has 1 amide bonds. The Balaban J connectivity index is 1.46. The van der Waals surface area contributed by atoms with Gasteiger partial charge in [-0.2, -0.15) is 21.9 Å². The van der Waals surface area contributed by atoms with E-state index in [1.807, 2.05) is 11.4 Å². The van der Waals surface area contributed by atoms with Crippen LogP contribution in [0.15, 0.2) is 69.5 Å². The number of sulfonamides is 1. The summed E-state index contributed by atoms with van der Waals surface area (Å²) in [6.45, 7) is 0. The number of carbonyl (C=O) groups excluding carboxylic acids is 1. The Morgan fingerprint density at radius 3 is 2.41 bits per heavy atom. The molecule has 0 fully saturated rings. The average Bonchev–Trinajstić information content (AvgIpc) is 3.42. The normalized spacial score (nSPS) is 10.8. The predicted octanol–water partition coefficient (Wildman–Crippen LogP) is 3.46. The SMILES string of the molecule is N#Cc1c(N)nc(SCC(=O)Nc2ccc(S(=O)(=O)Nc3ncccn3)cc2)c(C#N)c1-c1ccsc1. The zero-order valence-corrected chi connectivity index (χ0v) is 21.2. The first-order chi connectivity index (χ1) is 17.8. The molecule has 3 heterocycles. The number of carbonyl (C=O) groups is 1. The zero-order chi connectivity index (χ0) is 26.4. The number of thioether (sulfide) groups is 1. The summed E-state index contributed by atoms with van der Waals surface area (Å²) in [6, 6.07) is 13.0. The fraction of sp³-hybridized carbons (Fsp3) is 0.0435. The fourth-order valence-corrected chi connectivity index (χ4v) is 5.58. The largest absolute Gasteiger partial charge is 0.383 e. The first-order valence-electron chi connectivity index (χ1n) is 10.3. The minimum absolute atomic E-state index is 0.0306. The summed E-state index contributed by atoms with van der Waals surface area (Å²) in [5.41, 5.74) is 7.66. The summed E-state index contributed by atoms with van der Waals surface area (Å²) < 4.78 is 27.3. The minimum atomic E-state index is -3.91. The lowest BCUT2D eigenvalue weighted by Gasteiger charge is -2.12. The smallest absolute Gasteiger partial charge is 0.264 e. The molecule has 0 spiro atoms. The van der Waals surface area contributed by atoms with Crippen LogP contribution >= 0.6 is 23.1 Å². The van der Waals surface area contributed by atoms with Crippen molar-refractivity contribution in [2.75, 3.05) is 21.5 Å². The van der Waals surface area contributed by atoms with Crippen LogP contribution in [0.1, 0.15) is 11.1 Å². The average molecular weight is 549 g/mol. The minimum Gasteiger partial charge on any atom is -0.383 e. The molecule has 0 saturated carbocycles. The second-order valence-corrected chi connectivity index (χ2v) is 10.6. The second-order valence-electron chi connectivity index (χ2n) is 7.20. The molecule has 0 radical (unpaired) electrons. The van der Waals surface area contributed by atoms with Gasteiger partial charge in [-0.3, -0.25) is 4.79 Å². The number of nitrogens with zero attached hydrogens (tertiary/aromatic N) is 5. The quantitative estimate of drug-likeness (QED) is 0.275. The molecule has 37 heavy (non-hydrogen) atoms. The molecule has 0 aliphatic rings. The highest BCUT2D eigenvalue weighted by atomic mass is 32.2. The van der Waals surface area contributed by atoms with Gasteiger partial charge in [0, 0.05) is 23.6 Å². The highest BCUT2D eigenvalue weighted by molar-refractivity contribution is 8.00. The summed E-state index contributed by atoms with van der Waals surface area (Å²) in [7, 11) is -3.91. The topological polar surface area (TPSA) is 188 Å². The number of benzene rings is 1. The van der Waals surface area contributed by atoms with Crippen molar-refractivity contribution in [2.24, 2.45) is 0 Å². The molecule has 0 bridgehead atoms. The fourth-order valence-electron chi connectivity index (χ4n) is 3.18. The summed E-state index contributed by atoms with van der Waals surface area (Å²) in [6.07, 6.45) is 2.82. The Labute approximate surface area is 220 Å². The molecule has 0 atom stereocenters. The number of aromatic nitrogens is 3. The van der Waals surface area contributed by atoms with Crippen molar-refractivity contribution in [1.82, 2.24) is 15.0 Å². The standard InChI is InChI=1S/C23H16N8O3S3/c24-10-17-20(14-6-9-35-12-14)18(11-25)22(30-21(17)26)36-13-19(32)29-15-2-4-16(5-3-15)37(33,34)31-23-27-7-1-8-28-23/h1-9,12H,13H2,(H2,26,30)(H,29,32)(H,27,28,31). The molecule has 0 unspecified atom stereocenters. The lowest BCUT2D eigenvalue weighted by Crippen LogP contribution is -2.16. The highest BCUT2D eigenvalue weighted by Crippen LogP contribution is 2.36. The van der Waals surface area contributed by atoms with E-state index in [1.165, 1.54) is 48.0 Å². The number of nitrogens with two attached hydrogens (primary N) is 1. The van der Waals surface area contributed by atoms with Crippen molar-refractivity contribution in [3.8, 4) is 23.3 Å². The Morgan fingerprint density at radius 2 is 1.78 bits per heavy atom. The number of thiophene rings is 1. The van der Waals surface area contributed by atoms with Crippen molar-refractivity contribution in [3.05, 3.63) is 70.7 Å². The first kappa shape index (κ1) is 25.6. The maximum atomic E-state index is 12.6. The maximum absolute atomic E-state index is 12.6. The van der Waals surface area contributed by atoms with Crippen molar-refractivity contribution < 1.29 is 13.2 Å². The Kier molecular flexibility index (Phi) is 7.64. The van der Waals surface area contributed by atoms with Crippen LogP contribution in [0, 0.1) is 22.7 Å². The van der Waals surface area contributed by atoms with Crippen LogP contribution in [0.5, 0.6) is 0 Å². The Morgan fingerprint density at radius 1 is 1.08 bits per heavy atom. The lowest BCUT2D eigenvalue weighted by atomic mass is 9.99. The number of hydrogen-bond donors (Lipinski definition) is 3. The molecule has 184 valence electrons. The van der Waals surface area contributed by atoms with Crippen LogP contribution in [0.3, 0.4) is 0 Å². The number of anilines is 3. The third-order valence-electron chi connectivity index (χ3n) is 4.81. The molecule has 4 aromatic rings. The summed E-state index contributed by atoms with van der Waals surface area (Å²) in [5, 5.41) is 25.8. The molecular weight excluding hydrogens is 533 g/mol. The molecule has 3 aromatic heterocycles. The molecule has 1 aromatic carbocycles. The van der Waals surface area contributed by atoms with Crippen LogP contribution in [0.4, 0.5) is 17.5 Å². The molecule has 0 aliphatic heterocycles. The lowest BCUT2D eigenvalue weighted by molar-refractivity contribution is -0.113. The number of hydrogen-bond acceptors (Lipinski definition) is 11. The summed E-state index contributed by atoms with van der Waals surface area (Å²) >= 11 is 2.41. The van der Waals surface area contributed by atoms with E-state index < -0.39 is 15.9 Å². The number of rotatable bonds is 8. The third kappa shape index (κ3) is 5.84. The van der Waals surface area contributed by atoms with Gasteiger partial charge in [-0.05, 0) is 52.7 Å². The van der Waals surface area contributed by atoms with E-state index in [1.54, 1.807) is 17.5 Å². The molecular formula is C23H16N8O3S3. The second kappa shape index (κ2) is 11.0. The molecule has 4 rings (SSSR count). The van der Waals surface area contributed by atoms with E-state index in [0.29, 0.717) is 16.8 Å². The van der Waals surface area contributed by atoms with Crippen LogP contribution < -0.4 is 15.8 Å². The van der Waals surface area contributed by atoms with Gasteiger partial charge in [0.05, 0.1) is 16.2 Å². The van der Waals surface area contributed by atoms with E-state index in [2.05, 4.69) is 31.1 Å². The molecule has 0 saturated heterocycles. The van der Waals surface area contributed by atoms with Crippen LogP contribution in [0.2, 0.25) is 0 Å². The molecule has 0 aliphatic carbocycles. The number of pyridine rings is 1. The number of nitrogens with one attached hydrogen (secondary N) is 2. The predicted molar refractivity (Wildman–Crippen MR) is 140 cm³/mol. The van der Waals surface area contributed by atoms with Crippen LogP contribution in [-0.2, 0) is 14.8 Å². The van der Waals surface area contributed by atoms with Gasteiger partial charge in [-0.15, -0.1) is 0 Å². The molecule has 11 nitrogen and oxygen atoms in total. The van der Waals surface area contributed by atoms with Gasteiger partial charge >= 0.3 is 0 Å². The monoisotopic (exact) mass is 548 g/mol.